The van der Waals surface area contributed by atoms with Gasteiger partial charge in [0.05, 0.1) is 5.69 Å². The molecule has 0 radical (unpaired) electrons. The van der Waals surface area contributed by atoms with Crippen LogP contribution in [0.1, 0.15) is 6.42 Å². The largest absolute Gasteiger partial charge is 0.339 e. The highest BCUT2D eigenvalue weighted by Gasteiger charge is 2.13. The quantitative estimate of drug-likeness (QED) is 0.922. The van der Waals surface area contributed by atoms with Crippen LogP contribution in [0.2, 0.25) is 5.02 Å². The second kappa shape index (κ2) is 6.20. The number of nitrogens with zero attached hydrogens (tertiary/aromatic N) is 3. The summed E-state index contributed by atoms with van der Waals surface area (Å²) in [5.74, 6) is 0.783. The summed E-state index contributed by atoms with van der Waals surface area (Å²) in [5, 5.41) is 4.10. The molecule has 1 aromatic carbocycles. The standard InChI is InChI=1S/C15H17ClN4/c16-13-5-2-1-4-12(13)14-6-8-18-15(19-14)20-10-3-7-17-9-11-20/h1-2,4-6,8,17H,3,7,9-11H2. The van der Waals surface area contributed by atoms with E-state index in [0.29, 0.717) is 0 Å². The molecular weight excluding hydrogens is 272 g/mol. The van der Waals surface area contributed by atoms with Crippen LogP contribution in [0.4, 0.5) is 5.95 Å². The Morgan fingerprint density at radius 3 is 2.90 bits per heavy atom. The third-order valence-corrected chi connectivity index (χ3v) is 3.75. The van der Waals surface area contributed by atoms with Crippen LogP contribution in [-0.4, -0.2) is 36.1 Å². The molecule has 1 N–H and O–H groups in total. The number of aromatic nitrogens is 2. The summed E-state index contributed by atoms with van der Waals surface area (Å²) in [6.07, 6.45) is 2.92. The van der Waals surface area contributed by atoms with Gasteiger partial charge in [-0.15, -0.1) is 0 Å². The van der Waals surface area contributed by atoms with E-state index in [4.69, 9.17) is 11.6 Å². The van der Waals surface area contributed by atoms with Crippen LogP contribution in [0.25, 0.3) is 11.3 Å². The Balaban J connectivity index is 1.91. The molecule has 2 aromatic rings. The first-order chi connectivity index (χ1) is 9.84. The first kappa shape index (κ1) is 13.3. The minimum Gasteiger partial charge on any atom is -0.339 e. The molecule has 0 bridgehead atoms. The molecule has 3 rings (SSSR count). The highest BCUT2D eigenvalue weighted by molar-refractivity contribution is 6.33. The molecule has 104 valence electrons. The average molecular weight is 289 g/mol. The second-order valence-corrected chi connectivity index (χ2v) is 5.22. The maximum Gasteiger partial charge on any atom is 0.225 e. The Morgan fingerprint density at radius 1 is 1.10 bits per heavy atom. The molecule has 1 saturated heterocycles. The van der Waals surface area contributed by atoms with E-state index in [0.717, 1.165) is 54.8 Å². The highest BCUT2D eigenvalue weighted by Crippen LogP contribution is 2.26. The van der Waals surface area contributed by atoms with Crippen molar-refractivity contribution in [3.63, 3.8) is 0 Å². The Bertz CT molecular complexity index is 580. The topological polar surface area (TPSA) is 41.1 Å². The summed E-state index contributed by atoms with van der Waals surface area (Å²) in [7, 11) is 0. The molecule has 20 heavy (non-hydrogen) atoms. The number of rotatable bonds is 2. The zero-order valence-electron chi connectivity index (χ0n) is 11.2. The molecular formula is C15H17ClN4. The maximum absolute atomic E-state index is 6.24. The monoisotopic (exact) mass is 288 g/mol. The molecule has 0 atom stereocenters. The Hall–Kier alpha value is -1.65. The molecule has 2 heterocycles. The van der Waals surface area contributed by atoms with Crippen molar-refractivity contribution in [3.05, 3.63) is 41.6 Å². The molecule has 0 unspecified atom stereocenters. The van der Waals surface area contributed by atoms with Crippen molar-refractivity contribution in [2.45, 2.75) is 6.42 Å². The molecule has 1 fully saturated rings. The van der Waals surface area contributed by atoms with Crippen molar-refractivity contribution in [1.29, 1.82) is 0 Å². The summed E-state index contributed by atoms with van der Waals surface area (Å²) in [5.41, 5.74) is 1.82. The Kier molecular flexibility index (Phi) is 4.14. The lowest BCUT2D eigenvalue weighted by molar-refractivity contribution is 0.724. The van der Waals surface area contributed by atoms with Crippen molar-refractivity contribution < 1.29 is 0 Å². The fraction of sp³-hybridized carbons (Fsp3) is 0.333. The van der Waals surface area contributed by atoms with Crippen molar-refractivity contribution in [2.24, 2.45) is 0 Å². The predicted octanol–water partition coefficient (Wildman–Crippen LogP) is 2.60. The highest BCUT2D eigenvalue weighted by atomic mass is 35.5. The van der Waals surface area contributed by atoms with Gasteiger partial charge in [-0.2, -0.15) is 0 Å². The Labute approximate surface area is 123 Å². The molecule has 1 aliphatic rings. The summed E-state index contributed by atoms with van der Waals surface area (Å²) in [4.78, 5) is 11.3. The average Bonchev–Trinajstić information content (AvgIpc) is 2.77. The van der Waals surface area contributed by atoms with E-state index in [-0.39, 0.29) is 0 Å². The number of anilines is 1. The number of hydrogen-bond acceptors (Lipinski definition) is 4. The predicted molar refractivity (Wildman–Crippen MR) is 82.2 cm³/mol. The number of halogens is 1. The lowest BCUT2D eigenvalue weighted by Gasteiger charge is -2.20. The normalized spacial score (nSPS) is 15.9. The minimum absolute atomic E-state index is 0.717. The summed E-state index contributed by atoms with van der Waals surface area (Å²) in [6.45, 7) is 3.95. The van der Waals surface area contributed by atoms with Crippen LogP contribution in [0.15, 0.2) is 36.5 Å². The van der Waals surface area contributed by atoms with E-state index in [9.17, 15) is 0 Å². The van der Waals surface area contributed by atoms with Gasteiger partial charge in [0.1, 0.15) is 0 Å². The van der Waals surface area contributed by atoms with Crippen molar-refractivity contribution in [3.8, 4) is 11.3 Å². The van der Waals surface area contributed by atoms with Crippen LogP contribution in [-0.2, 0) is 0 Å². The first-order valence-electron chi connectivity index (χ1n) is 6.88. The van der Waals surface area contributed by atoms with Gasteiger partial charge in [-0.05, 0) is 25.1 Å². The van der Waals surface area contributed by atoms with Crippen LogP contribution < -0.4 is 10.2 Å². The van der Waals surface area contributed by atoms with E-state index in [1.165, 1.54) is 0 Å². The van der Waals surface area contributed by atoms with Gasteiger partial charge < -0.3 is 10.2 Å². The molecule has 1 aromatic heterocycles. The molecule has 0 amide bonds. The maximum atomic E-state index is 6.24. The van der Waals surface area contributed by atoms with Gasteiger partial charge in [-0.3, -0.25) is 0 Å². The summed E-state index contributed by atoms with van der Waals surface area (Å²) < 4.78 is 0. The third-order valence-electron chi connectivity index (χ3n) is 3.42. The van der Waals surface area contributed by atoms with E-state index in [1.807, 2.05) is 30.3 Å². The van der Waals surface area contributed by atoms with E-state index in [1.54, 1.807) is 6.20 Å². The van der Waals surface area contributed by atoms with Gasteiger partial charge in [0.15, 0.2) is 0 Å². The zero-order chi connectivity index (χ0) is 13.8. The fourth-order valence-corrected chi connectivity index (χ4v) is 2.60. The molecule has 0 spiro atoms. The van der Waals surface area contributed by atoms with Crippen molar-refractivity contribution in [2.75, 3.05) is 31.1 Å². The smallest absolute Gasteiger partial charge is 0.225 e. The first-order valence-corrected chi connectivity index (χ1v) is 7.26. The summed E-state index contributed by atoms with van der Waals surface area (Å²) in [6, 6.07) is 9.67. The second-order valence-electron chi connectivity index (χ2n) is 4.81. The molecule has 0 aliphatic carbocycles. The van der Waals surface area contributed by atoms with Gasteiger partial charge in [0.2, 0.25) is 5.95 Å². The van der Waals surface area contributed by atoms with E-state index >= 15 is 0 Å². The van der Waals surface area contributed by atoms with Crippen molar-refractivity contribution >= 4 is 17.5 Å². The van der Waals surface area contributed by atoms with Crippen molar-refractivity contribution in [1.82, 2.24) is 15.3 Å². The number of benzene rings is 1. The lowest BCUT2D eigenvalue weighted by atomic mass is 10.1. The van der Waals surface area contributed by atoms with Gasteiger partial charge >= 0.3 is 0 Å². The van der Waals surface area contributed by atoms with Crippen LogP contribution in [0.3, 0.4) is 0 Å². The Morgan fingerprint density at radius 2 is 2.00 bits per heavy atom. The van der Waals surface area contributed by atoms with Crippen LogP contribution >= 0.6 is 11.6 Å². The summed E-state index contributed by atoms with van der Waals surface area (Å²) >= 11 is 6.24. The van der Waals surface area contributed by atoms with E-state index in [2.05, 4.69) is 20.2 Å². The van der Waals surface area contributed by atoms with Gasteiger partial charge in [-0.25, -0.2) is 9.97 Å². The minimum atomic E-state index is 0.717. The van der Waals surface area contributed by atoms with Gasteiger partial charge in [0.25, 0.3) is 0 Å². The number of nitrogens with one attached hydrogen (secondary N) is 1. The van der Waals surface area contributed by atoms with Crippen LogP contribution in [0.5, 0.6) is 0 Å². The van der Waals surface area contributed by atoms with Gasteiger partial charge in [-0.1, -0.05) is 29.8 Å². The molecule has 4 nitrogen and oxygen atoms in total. The molecule has 5 heteroatoms. The number of hydrogen-bond donors (Lipinski definition) is 1. The van der Waals surface area contributed by atoms with Crippen LogP contribution in [0, 0.1) is 0 Å². The van der Waals surface area contributed by atoms with E-state index < -0.39 is 0 Å². The van der Waals surface area contributed by atoms with Gasteiger partial charge in [0, 0.05) is 36.4 Å². The zero-order valence-corrected chi connectivity index (χ0v) is 12.0. The lowest BCUT2D eigenvalue weighted by Crippen LogP contribution is -2.29. The fourth-order valence-electron chi connectivity index (χ4n) is 2.37. The SMILES string of the molecule is Clc1ccccc1-c1ccnc(N2CCCNCC2)n1. The molecule has 0 saturated carbocycles. The third kappa shape index (κ3) is 2.92. The molecule has 1 aliphatic heterocycles.